The van der Waals surface area contributed by atoms with Gasteiger partial charge in [-0.3, -0.25) is 24.0 Å². The number of nitrogens with zero attached hydrogens (tertiary/aromatic N) is 4. The molecule has 2 aromatic heterocycles. The van der Waals surface area contributed by atoms with Crippen LogP contribution in [0.2, 0.25) is 0 Å². The van der Waals surface area contributed by atoms with E-state index in [4.69, 9.17) is 19.4 Å². The number of hydrogen-bond acceptors (Lipinski definition) is 13. The van der Waals surface area contributed by atoms with Crippen LogP contribution in [0.1, 0.15) is 113 Å². The summed E-state index contributed by atoms with van der Waals surface area (Å²) in [6.07, 6.45) is 3.93. The molecule has 4 aliphatic rings. The van der Waals surface area contributed by atoms with Crippen LogP contribution >= 0.6 is 11.3 Å². The number of nitrogens with one attached hydrogen (secondary N) is 4. The molecule has 1 aliphatic carbocycles. The van der Waals surface area contributed by atoms with Gasteiger partial charge in [-0.25, -0.2) is 24.5 Å². The Hall–Kier alpha value is -6.63. The fraction of sp³-hybridized carbons (Fsp3) is 0.490. The number of aliphatic carboxylic acids is 1. The maximum absolute atomic E-state index is 15.0. The number of rotatable bonds is 10. The maximum Gasteiger partial charge on any atom is 0.329 e. The number of fused-ring (bicyclic) bond motifs is 4. The van der Waals surface area contributed by atoms with Crippen LogP contribution in [-0.4, -0.2) is 116 Å². The Kier molecular flexibility index (Phi) is 13.5. The van der Waals surface area contributed by atoms with Crippen molar-refractivity contribution in [3.63, 3.8) is 0 Å². The quantitative estimate of drug-likeness (QED) is 0.112. The van der Waals surface area contributed by atoms with E-state index in [1.54, 1.807) is 58.2 Å². The lowest BCUT2D eigenvalue weighted by Crippen LogP contribution is -2.61. The number of amides is 7. The SMILES string of the molecule is COc1ccc2c(O[C@@H]3C[C@H]4C(=O)N[C@]5(C(=O)O)CC5CCCCCCC[C@H](NC(=O)NC(C(=O)N5C(=O)c6ccccc6C5=O)C(C)(C)C)C(=O)N4C3)cc(-c3csc(NC(C)C)n3)nc2c1. The van der Waals surface area contributed by atoms with Gasteiger partial charge in [0.15, 0.2) is 5.13 Å². The number of anilines is 1. The van der Waals surface area contributed by atoms with Gasteiger partial charge < -0.3 is 40.7 Å². The van der Waals surface area contributed by atoms with Gasteiger partial charge in [-0.05, 0) is 68.7 Å². The maximum atomic E-state index is 15.0. The molecule has 8 rings (SSSR count). The lowest BCUT2D eigenvalue weighted by molar-refractivity contribution is -0.145. The molecule has 19 heteroatoms. The van der Waals surface area contributed by atoms with Crippen LogP contribution in [0.5, 0.6) is 11.5 Å². The number of carbonyl (C=O) groups excluding carboxylic acids is 6. The van der Waals surface area contributed by atoms with E-state index in [1.165, 1.54) is 28.4 Å². The molecular formula is C49H58N8O10S. The second-order valence-electron chi connectivity index (χ2n) is 19.5. The van der Waals surface area contributed by atoms with Gasteiger partial charge in [0.25, 0.3) is 17.7 Å². The van der Waals surface area contributed by atoms with E-state index in [2.05, 4.69) is 21.3 Å². The molecule has 18 nitrogen and oxygen atoms in total. The first-order chi connectivity index (χ1) is 32.4. The number of benzene rings is 2. The predicted molar refractivity (Wildman–Crippen MR) is 252 cm³/mol. The number of carboxylic acid groups (broad SMARTS) is 1. The van der Waals surface area contributed by atoms with Crippen LogP contribution in [-0.2, 0) is 19.2 Å². The largest absolute Gasteiger partial charge is 0.497 e. The number of aromatic nitrogens is 2. The van der Waals surface area contributed by atoms with Gasteiger partial charge in [-0.1, -0.05) is 65.0 Å². The Morgan fingerprint density at radius 1 is 0.926 bits per heavy atom. The number of urea groups is 1. The van der Waals surface area contributed by atoms with Gasteiger partial charge in [0.05, 0.1) is 36.0 Å². The van der Waals surface area contributed by atoms with Crippen LogP contribution in [0.3, 0.4) is 0 Å². The summed E-state index contributed by atoms with van der Waals surface area (Å²) in [4.78, 5) is 109. The van der Waals surface area contributed by atoms with Gasteiger partial charge in [0, 0.05) is 35.4 Å². The molecule has 360 valence electrons. The molecule has 7 amide bonds. The molecule has 0 radical (unpaired) electrons. The number of methoxy groups -OCH3 is 1. The van der Waals surface area contributed by atoms with Crippen LogP contribution in [0.25, 0.3) is 22.3 Å². The summed E-state index contributed by atoms with van der Waals surface area (Å²) >= 11 is 1.43. The highest BCUT2D eigenvalue weighted by atomic mass is 32.1. The minimum absolute atomic E-state index is 0.00774. The minimum Gasteiger partial charge on any atom is -0.497 e. The van der Waals surface area contributed by atoms with E-state index in [-0.39, 0.29) is 48.9 Å². The Morgan fingerprint density at radius 3 is 2.28 bits per heavy atom. The van der Waals surface area contributed by atoms with Crippen molar-refractivity contribution >= 4 is 68.9 Å². The highest BCUT2D eigenvalue weighted by Gasteiger charge is 2.62. The standard InChI is InChI=1S/C49H58N8O10S/c1-26(2)50-47-53-36(25-68-47)35-22-38(32-19-18-28(66-6)20-34(32)51-35)67-29-21-37-40(58)55-49(45(63)64)23-27(49)14-10-8-7-9-11-17-33(43(61)56(37)24-29)52-46(65)54-39(48(3,4)5)44(62)57-41(59)30-15-12-13-16-31(30)42(57)60/h12-13,15-16,18-20,22,25-27,29,33,37,39H,7-11,14,17,21,23-24H2,1-6H3,(H,50,53)(H,55,58)(H,63,64)(H2,52,54,65)/t27?,29-,33+,37+,39?,49-/m1/s1. The van der Waals surface area contributed by atoms with E-state index in [9.17, 15) is 33.9 Å². The highest BCUT2D eigenvalue weighted by molar-refractivity contribution is 7.14. The summed E-state index contributed by atoms with van der Waals surface area (Å²) in [6, 6.07) is 8.70. The number of pyridine rings is 1. The lowest BCUT2D eigenvalue weighted by atomic mass is 9.85. The summed E-state index contributed by atoms with van der Waals surface area (Å²) in [7, 11) is 1.55. The molecule has 0 spiro atoms. The minimum atomic E-state index is -1.47. The van der Waals surface area contributed by atoms with E-state index < -0.39 is 76.7 Å². The second kappa shape index (κ2) is 19.2. The molecule has 4 aromatic rings. The van der Waals surface area contributed by atoms with E-state index in [0.29, 0.717) is 63.1 Å². The molecule has 2 aromatic carbocycles. The van der Waals surface area contributed by atoms with Gasteiger partial charge >= 0.3 is 12.0 Å². The number of ether oxygens (including phenoxy) is 2. The molecule has 0 bridgehead atoms. The molecule has 3 aliphatic heterocycles. The average molecular weight is 951 g/mol. The predicted octanol–water partition coefficient (Wildman–Crippen LogP) is 6.14. The summed E-state index contributed by atoms with van der Waals surface area (Å²) in [5, 5.41) is 25.3. The van der Waals surface area contributed by atoms with Crippen LogP contribution in [0.15, 0.2) is 53.9 Å². The topological polar surface area (TPSA) is 239 Å². The number of imide groups is 3. The van der Waals surface area contributed by atoms with E-state index >= 15 is 4.79 Å². The number of carboxylic acids is 1. The van der Waals surface area contributed by atoms with Crippen LogP contribution in [0, 0.1) is 11.3 Å². The van der Waals surface area contributed by atoms with Gasteiger partial charge in [-0.2, -0.15) is 0 Å². The molecule has 3 fully saturated rings. The van der Waals surface area contributed by atoms with Crippen molar-refractivity contribution in [1.82, 2.24) is 35.7 Å². The zero-order chi connectivity index (χ0) is 48.7. The Labute approximate surface area is 397 Å². The van der Waals surface area contributed by atoms with Crippen molar-refractivity contribution in [2.45, 2.75) is 128 Å². The normalized spacial score (nSPS) is 23.7. The number of carbonyl (C=O) groups is 7. The van der Waals surface area contributed by atoms with Crippen molar-refractivity contribution in [1.29, 1.82) is 0 Å². The monoisotopic (exact) mass is 950 g/mol. The third-order valence-corrected chi connectivity index (χ3v) is 14.0. The van der Waals surface area contributed by atoms with Crippen molar-refractivity contribution in [2.24, 2.45) is 11.3 Å². The average Bonchev–Trinajstić information content (AvgIpc) is 3.53. The Bertz CT molecular complexity index is 2630. The van der Waals surface area contributed by atoms with Crippen LogP contribution < -0.4 is 30.7 Å². The highest BCUT2D eigenvalue weighted by Crippen LogP contribution is 2.48. The van der Waals surface area contributed by atoms with Gasteiger partial charge in [0.1, 0.15) is 47.0 Å². The third-order valence-electron chi connectivity index (χ3n) is 13.2. The molecule has 5 N–H and O–H groups in total. The fourth-order valence-electron chi connectivity index (χ4n) is 9.47. The smallest absolute Gasteiger partial charge is 0.329 e. The zero-order valence-electron chi connectivity index (χ0n) is 39.0. The van der Waals surface area contributed by atoms with Crippen molar-refractivity contribution < 1.29 is 48.1 Å². The molecule has 5 heterocycles. The molecule has 6 atom stereocenters. The fourth-order valence-corrected chi connectivity index (χ4v) is 10.3. The van der Waals surface area contributed by atoms with Gasteiger partial charge in [-0.15, -0.1) is 11.3 Å². The van der Waals surface area contributed by atoms with E-state index in [1.807, 2.05) is 25.3 Å². The molecular weight excluding hydrogens is 893 g/mol. The Morgan fingerprint density at radius 2 is 1.62 bits per heavy atom. The Balaban J connectivity index is 1.09. The van der Waals surface area contributed by atoms with Crippen molar-refractivity contribution in [3.8, 4) is 22.9 Å². The number of hydrogen-bond donors (Lipinski definition) is 5. The first-order valence-corrected chi connectivity index (χ1v) is 24.1. The van der Waals surface area contributed by atoms with Crippen molar-refractivity contribution in [2.75, 3.05) is 19.0 Å². The zero-order valence-corrected chi connectivity index (χ0v) is 39.9. The molecule has 1 saturated carbocycles. The van der Waals surface area contributed by atoms with E-state index in [0.717, 1.165) is 19.3 Å². The number of thiazole rings is 1. The second-order valence-corrected chi connectivity index (χ2v) is 20.4. The lowest BCUT2D eigenvalue weighted by Gasteiger charge is -2.33. The molecule has 2 saturated heterocycles. The summed E-state index contributed by atoms with van der Waals surface area (Å²) in [6.45, 7) is 8.96. The molecule has 68 heavy (non-hydrogen) atoms. The third kappa shape index (κ3) is 9.70. The van der Waals surface area contributed by atoms with Crippen molar-refractivity contribution in [3.05, 3.63) is 65.0 Å². The summed E-state index contributed by atoms with van der Waals surface area (Å²) < 4.78 is 12.3. The van der Waals surface area contributed by atoms with Gasteiger partial charge in [0.2, 0.25) is 11.8 Å². The molecule has 2 unspecified atom stereocenters. The summed E-state index contributed by atoms with van der Waals surface area (Å²) in [5.41, 5.74) is -0.649. The summed E-state index contributed by atoms with van der Waals surface area (Å²) in [5.74, 6) is -4.19. The first kappa shape index (κ1) is 47.8. The van der Waals surface area contributed by atoms with Crippen LogP contribution in [0.4, 0.5) is 9.93 Å². The first-order valence-electron chi connectivity index (χ1n) is 23.2.